The number of furan rings is 1. The molecule has 1 atom stereocenters. The number of carbonyl (C=O) groups excluding carboxylic acids is 2. The van der Waals surface area contributed by atoms with E-state index in [0.29, 0.717) is 24.4 Å². The number of fused-ring (bicyclic) bond motifs is 3. The van der Waals surface area contributed by atoms with Crippen molar-refractivity contribution in [1.29, 1.82) is 0 Å². The standard InChI is InChI=1S/C26H38N4O3/c1-26(25(32)27-20-10-6-2-3-7-11-20)19-29-21-12-17-33-23(21)18-22(29)24(31)30(26)16-15-28-13-8-4-5-9-14-28/h12,17-18,20H,2-11,13-16,19H2,1H3,(H,27,32)/t26-/m1/s1. The van der Waals surface area contributed by atoms with Gasteiger partial charge in [0.05, 0.1) is 18.3 Å². The van der Waals surface area contributed by atoms with E-state index in [2.05, 4.69) is 10.2 Å². The molecule has 0 radical (unpaired) electrons. The van der Waals surface area contributed by atoms with Crippen molar-refractivity contribution in [2.24, 2.45) is 0 Å². The van der Waals surface area contributed by atoms with E-state index in [9.17, 15) is 9.59 Å². The summed E-state index contributed by atoms with van der Waals surface area (Å²) in [7, 11) is 0. The second-order valence-corrected chi connectivity index (χ2v) is 10.4. The summed E-state index contributed by atoms with van der Waals surface area (Å²) in [5, 5.41) is 3.35. The molecule has 0 aromatic carbocycles. The van der Waals surface area contributed by atoms with Crippen molar-refractivity contribution in [2.75, 3.05) is 26.2 Å². The number of likely N-dealkylation sites (tertiary alicyclic amines) is 1. The number of amides is 2. The molecule has 2 fully saturated rings. The topological polar surface area (TPSA) is 70.7 Å². The van der Waals surface area contributed by atoms with Gasteiger partial charge in [0.15, 0.2) is 5.58 Å². The second kappa shape index (κ2) is 9.53. The van der Waals surface area contributed by atoms with Crippen LogP contribution in [0, 0.1) is 0 Å². The highest BCUT2D eigenvalue weighted by molar-refractivity contribution is 6.02. The van der Waals surface area contributed by atoms with Gasteiger partial charge in [-0.15, -0.1) is 0 Å². The number of hydrogen-bond acceptors (Lipinski definition) is 4. The lowest BCUT2D eigenvalue weighted by Gasteiger charge is -2.45. The smallest absolute Gasteiger partial charge is 0.271 e. The van der Waals surface area contributed by atoms with Crippen LogP contribution in [-0.4, -0.2) is 63.9 Å². The van der Waals surface area contributed by atoms with Gasteiger partial charge in [0, 0.05) is 31.3 Å². The quantitative estimate of drug-likeness (QED) is 0.689. The first-order valence-electron chi connectivity index (χ1n) is 13.0. The SMILES string of the molecule is C[C@]1(C(=O)NC2CCCCCC2)Cn2c(cc3occc32)C(=O)N1CCN1CCCCCC1. The Balaban J connectivity index is 1.41. The third-order valence-corrected chi connectivity index (χ3v) is 8.07. The fourth-order valence-corrected chi connectivity index (χ4v) is 5.99. The molecule has 4 heterocycles. The molecule has 3 aliphatic rings. The number of nitrogens with one attached hydrogen (secondary N) is 1. The summed E-state index contributed by atoms with van der Waals surface area (Å²) in [4.78, 5) is 31.9. The van der Waals surface area contributed by atoms with E-state index in [1.165, 1.54) is 38.5 Å². The van der Waals surface area contributed by atoms with Crippen LogP contribution in [0.15, 0.2) is 22.8 Å². The molecule has 0 spiro atoms. The Hall–Kier alpha value is -2.28. The van der Waals surface area contributed by atoms with Gasteiger partial charge in [-0.25, -0.2) is 0 Å². The van der Waals surface area contributed by atoms with Crippen LogP contribution in [0.3, 0.4) is 0 Å². The zero-order chi connectivity index (χ0) is 22.8. The van der Waals surface area contributed by atoms with Gasteiger partial charge in [-0.2, -0.15) is 0 Å². The van der Waals surface area contributed by atoms with Crippen molar-refractivity contribution in [3.8, 4) is 0 Å². The molecular formula is C26H38N4O3. The molecule has 33 heavy (non-hydrogen) atoms. The highest BCUT2D eigenvalue weighted by atomic mass is 16.3. The molecular weight excluding hydrogens is 416 g/mol. The molecule has 0 bridgehead atoms. The summed E-state index contributed by atoms with van der Waals surface area (Å²) in [6.45, 7) is 5.95. The van der Waals surface area contributed by atoms with Gasteiger partial charge in [0.1, 0.15) is 11.2 Å². The summed E-state index contributed by atoms with van der Waals surface area (Å²) < 4.78 is 7.57. The highest BCUT2D eigenvalue weighted by Crippen LogP contribution is 2.33. The Kier molecular flexibility index (Phi) is 6.50. The Morgan fingerprint density at radius 1 is 1.06 bits per heavy atom. The minimum atomic E-state index is -0.925. The second-order valence-electron chi connectivity index (χ2n) is 10.4. The van der Waals surface area contributed by atoms with Gasteiger partial charge in [-0.3, -0.25) is 9.59 Å². The fraction of sp³-hybridized carbons (Fsp3) is 0.692. The predicted octanol–water partition coefficient (Wildman–Crippen LogP) is 4.16. The largest absolute Gasteiger partial charge is 0.463 e. The summed E-state index contributed by atoms with van der Waals surface area (Å²) in [6.07, 6.45) is 13.5. The van der Waals surface area contributed by atoms with Crippen molar-refractivity contribution in [1.82, 2.24) is 19.7 Å². The Morgan fingerprint density at radius 3 is 2.48 bits per heavy atom. The van der Waals surface area contributed by atoms with Crippen LogP contribution in [0.25, 0.3) is 11.1 Å². The fourth-order valence-electron chi connectivity index (χ4n) is 5.99. The predicted molar refractivity (Wildman–Crippen MR) is 128 cm³/mol. The van der Waals surface area contributed by atoms with E-state index in [1.54, 1.807) is 6.26 Å². The van der Waals surface area contributed by atoms with Gasteiger partial charge in [-0.1, -0.05) is 38.5 Å². The van der Waals surface area contributed by atoms with Gasteiger partial charge in [-0.05, 0) is 45.7 Å². The van der Waals surface area contributed by atoms with Gasteiger partial charge >= 0.3 is 0 Å². The molecule has 7 heteroatoms. The van der Waals surface area contributed by atoms with Gasteiger partial charge < -0.3 is 24.1 Å². The van der Waals surface area contributed by atoms with Crippen molar-refractivity contribution < 1.29 is 14.0 Å². The van der Waals surface area contributed by atoms with Crippen LogP contribution in [0.1, 0.15) is 81.6 Å². The number of rotatable bonds is 5. The number of aromatic nitrogens is 1. The third kappa shape index (κ3) is 4.44. The van der Waals surface area contributed by atoms with Crippen LogP contribution in [0.5, 0.6) is 0 Å². The van der Waals surface area contributed by atoms with E-state index < -0.39 is 5.54 Å². The summed E-state index contributed by atoms with van der Waals surface area (Å²) in [6, 6.07) is 3.93. The first kappa shape index (κ1) is 22.5. The summed E-state index contributed by atoms with van der Waals surface area (Å²) in [5.41, 5.74) is 1.30. The molecule has 1 saturated heterocycles. The highest BCUT2D eigenvalue weighted by Gasteiger charge is 2.48. The van der Waals surface area contributed by atoms with Crippen molar-refractivity contribution in [2.45, 2.75) is 89.3 Å². The van der Waals surface area contributed by atoms with Crippen molar-refractivity contribution >= 4 is 22.9 Å². The van der Waals surface area contributed by atoms with E-state index in [-0.39, 0.29) is 17.9 Å². The Labute approximate surface area is 196 Å². The maximum absolute atomic E-state index is 13.8. The Bertz CT molecular complexity index is 979. The number of nitrogens with zero attached hydrogens (tertiary/aromatic N) is 3. The van der Waals surface area contributed by atoms with Crippen molar-refractivity contribution in [3.05, 3.63) is 24.1 Å². The molecule has 0 unspecified atom stereocenters. The molecule has 1 saturated carbocycles. The lowest BCUT2D eigenvalue weighted by Crippen LogP contribution is -2.65. The molecule has 5 rings (SSSR count). The van der Waals surface area contributed by atoms with Crippen molar-refractivity contribution in [3.63, 3.8) is 0 Å². The molecule has 2 aromatic rings. The zero-order valence-corrected chi connectivity index (χ0v) is 20.0. The van der Waals surface area contributed by atoms with E-state index in [4.69, 9.17) is 4.42 Å². The molecule has 1 aliphatic carbocycles. The lowest BCUT2D eigenvalue weighted by atomic mass is 9.93. The number of hydrogen-bond donors (Lipinski definition) is 1. The average molecular weight is 455 g/mol. The maximum atomic E-state index is 13.8. The monoisotopic (exact) mass is 454 g/mol. The molecule has 180 valence electrons. The first-order chi connectivity index (χ1) is 16.1. The van der Waals surface area contributed by atoms with Crippen LogP contribution in [0.4, 0.5) is 0 Å². The maximum Gasteiger partial charge on any atom is 0.271 e. The van der Waals surface area contributed by atoms with Gasteiger partial charge in [0.2, 0.25) is 5.91 Å². The average Bonchev–Trinajstić information content (AvgIpc) is 3.15. The van der Waals surface area contributed by atoms with Crippen LogP contribution in [-0.2, 0) is 11.3 Å². The molecule has 2 aromatic heterocycles. The van der Waals surface area contributed by atoms with E-state index in [0.717, 1.165) is 50.8 Å². The Morgan fingerprint density at radius 2 is 1.76 bits per heavy atom. The summed E-state index contributed by atoms with van der Waals surface area (Å²) >= 11 is 0. The summed E-state index contributed by atoms with van der Waals surface area (Å²) in [5.74, 6) is -0.0874. The minimum absolute atomic E-state index is 0.0189. The number of carbonyl (C=O) groups is 2. The zero-order valence-electron chi connectivity index (χ0n) is 20.0. The van der Waals surface area contributed by atoms with E-state index in [1.807, 2.05) is 28.5 Å². The minimum Gasteiger partial charge on any atom is -0.463 e. The first-order valence-corrected chi connectivity index (χ1v) is 13.0. The van der Waals surface area contributed by atoms with E-state index >= 15 is 0 Å². The molecule has 2 amide bonds. The van der Waals surface area contributed by atoms with Crippen LogP contribution in [0.2, 0.25) is 0 Å². The third-order valence-electron chi connectivity index (χ3n) is 8.07. The molecule has 7 nitrogen and oxygen atoms in total. The molecule has 1 N–H and O–H groups in total. The molecule has 2 aliphatic heterocycles. The van der Waals surface area contributed by atoms with Crippen LogP contribution < -0.4 is 5.32 Å². The normalized spacial score (nSPS) is 25.6. The lowest BCUT2D eigenvalue weighted by molar-refractivity contribution is -0.133. The van der Waals surface area contributed by atoms with Crippen LogP contribution >= 0.6 is 0 Å². The van der Waals surface area contributed by atoms with Gasteiger partial charge in [0.25, 0.3) is 5.91 Å².